The van der Waals surface area contributed by atoms with E-state index in [4.69, 9.17) is 9.47 Å². The normalized spacial score (nSPS) is 11.4. The molecule has 46 heavy (non-hydrogen) atoms. The first-order chi connectivity index (χ1) is 22.7. The third kappa shape index (κ3) is 4.72. The van der Waals surface area contributed by atoms with Crippen molar-refractivity contribution in [2.24, 2.45) is 0 Å². The predicted molar refractivity (Wildman–Crippen MR) is 188 cm³/mol. The summed E-state index contributed by atoms with van der Waals surface area (Å²) in [5.74, 6) is 1.15. The lowest BCUT2D eigenvalue weighted by Crippen LogP contribution is -2.01. The smallest absolute Gasteiger partial charge is 0.186 e. The number of aliphatic hydroxyl groups excluding tert-OH is 2. The van der Waals surface area contributed by atoms with Gasteiger partial charge in [-0.3, -0.25) is 0 Å². The zero-order valence-corrected chi connectivity index (χ0v) is 25.0. The van der Waals surface area contributed by atoms with Crippen LogP contribution in [0.15, 0.2) is 146 Å². The van der Waals surface area contributed by atoms with Gasteiger partial charge in [-0.05, 0) is 90.1 Å². The molecule has 0 aliphatic heterocycles. The summed E-state index contributed by atoms with van der Waals surface area (Å²) < 4.78 is 12.0. The average Bonchev–Trinajstić information content (AvgIpc) is 3.10. The van der Waals surface area contributed by atoms with Crippen molar-refractivity contribution in [1.29, 1.82) is 0 Å². The molecule has 0 fully saturated rings. The number of hydrogen-bond acceptors (Lipinski definition) is 4. The SMILES string of the molecule is OCOc1cc2ccccc2cc1-c1cc2ccccc2c(-c2cccc3ccccc23)c1-c1cc2ccccc2cc1OCO. The van der Waals surface area contributed by atoms with Gasteiger partial charge in [-0.25, -0.2) is 0 Å². The molecule has 0 saturated carbocycles. The van der Waals surface area contributed by atoms with E-state index in [1.165, 1.54) is 0 Å². The van der Waals surface area contributed by atoms with Crippen molar-refractivity contribution in [2.75, 3.05) is 13.6 Å². The Bertz CT molecular complexity index is 2400. The van der Waals surface area contributed by atoms with E-state index in [2.05, 4.69) is 97.1 Å². The minimum atomic E-state index is -0.466. The standard InChI is InChI=1S/C42H30O4/c43-25-45-39-23-30-13-3-1-11-28(30)20-36(39)37-22-32-15-6-8-18-34(32)41(35-19-9-16-27-10-5-7-17-33(27)35)42(37)38-21-29-12-2-4-14-31(29)24-40(38)46-26-44/h1-24,43-44H,25-26H2. The van der Waals surface area contributed by atoms with E-state index < -0.39 is 13.6 Å². The van der Waals surface area contributed by atoms with Crippen LogP contribution in [0.3, 0.4) is 0 Å². The Balaban J connectivity index is 1.60. The Morgan fingerprint density at radius 3 is 1.43 bits per heavy atom. The van der Waals surface area contributed by atoms with Crippen molar-refractivity contribution in [3.63, 3.8) is 0 Å². The first kappa shape index (κ1) is 27.8. The highest BCUT2D eigenvalue weighted by Crippen LogP contribution is 2.51. The fourth-order valence-electron chi connectivity index (χ4n) is 6.79. The predicted octanol–water partition coefficient (Wildman–Crippen LogP) is 9.96. The van der Waals surface area contributed by atoms with Crippen LogP contribution in [-0.2, 0) is 0 Å². The molecule has 0 atom stereocenters. The van der Waals surface area contributed by atoms with Crippen molar-refractivity contribution in [3.05, 3.63) is 146 Å². The van der Waals surface area contributed by atoms with Gasteiger partial charge >= 0.3 is 0 Å². The van der Waals surface area contributed by atoms with Gasteiger partial charge < -0.3 is 19.7 Å². The third-order valence-electron chi connectivity index (χ3n) is 8.80. The summed E-state index contributed by atoms with van der Waals surface area (Å²) in [6.45, 7) is -0.925. The Hall–Kier alpha value is -5.68. The maximum atomic E-state index is 10.1. The van der Waals surface area contributed by atoms with E-state index in [0.717, 1.165) is 76.5 Å². The summed E-state index contributed by atoms with van der Waals surface area (Å²) in [4.78, 5) is 0. The highest BCUT2D eigenvalue weighted by Gasteiger charge is 2.24. The first-order valence-electron chi connectivity index (χ1n) is 15.3. The molecule has 8 rings (SSSR count). The van der Waals surface area contributed by atoms with Crippen molar-refractivity contribution < 1.29 is 19.7 Å². The summed E-state index contributed by atoms with van der Waals surface area (Å²) in [6.07, 6.45) is 0. The van der Waals surface area contributed by atoms with Crippen LogP contribution in [0.2, 0.25) is 0 Å². The third-order valence-corrected chi connectivity index (χ3v) is 8.80. The second-order valence-corrected chi connectivity index (χ2v) is 11.4. The average molecular weight is 599 g/mol. The van der Waals surface area contributed by atoms with E-state index in [1.807, 2.05) is 48.5 Å². The molecule has 8 aromatic carbocycles. The van der Waals surface area contributed by atoms with Crippen LogP contribution in [0.25, 0.3) is 76.5 Å². The second kappa shape index (κ2) is 11.7. The molecule has 0 aliphatic carbocycles. The second-order valence-electron chi connectivity index (χ2n) is 11.4. The molecule has 2 N–H and O–H groups in total. The molecule has 4 nitrogen and oxygen atoms in total. The molecular weight excluding hydrogens is 568 g/mol. The Morgan fingerprint density at radius 1 is 0.348 bits per heavy atom. The van der Waals surface area contributed by atoms with E-state index in [9.17, 15) is 10.2 Å². The molecule has 222 valence electrons. The summed E-state index contributed by atoms with van der Waals surface area (Å²) in [7, 11) is 0. The maximum Gasteiger partial charge on any atom is 0.186 e. The molecule has 0 aliphatic rings. The van der Waals surface area contributed by atoms with Gasteiger partial charge in [0.15, 0.2) is 13.6 Å². The number of rotatable bonds is 7. The number of aliphatic hydroxyl groups is 2. The Labute approximate surface area is 266 Å². The van der Waals surface area contributed by atoms with Gasteiger partial charge in [0.25, 0.3) is 0 Å². The van der Waals surface area contributed by atoms with E-state index >= 15 is 0 Å². The van der Waals surface area contributed by atoms with Gasteiger partial charge in [0, 0.05) is 16.7 Å². The lowest BCUT2D eigenvalue weighted by molar-refractivity contribution is 0.0987. The molecule has 0 amide bonds. The van der Waals surface area contributed by atoms with Crippen molar-refractivity contribution >= 4 is 43.1 Å². The molecule has 0 radical (unpaired) electrons. The highest BCUT2D eigenvalue weighted by molar-refractivity contribution is 6.16. The lowest BCUT2D eigenvalue weighted by atomic mass is 9.81. The minimum absolute atomic E-state index is 0.459. The molecule has 0 aromatic heterocycles. The molecule has 0 heterocycles. The molecule has 0 saturated heterocycles. The summed E-state index contributed by atoms with van der Waals surface area (Å²) >= 11 is 0. The fourth-order valence-corrected chi connectivity index (χ4v) is 6.79. The monoisotopic (exact) mass is 598 g/mol. The fraction of sp³-hybridized carbons (Fsp3) is 0.0476. The Morgan fingerprint density at radius 2 is 0.804 bits per heavy atom. The molecule has 0 unspecified atom stereocenters. The lowest BCUT2D eigenvalue weighted by Gasteiger charge is -2.23. The van der Waals surface area contributed by atoms with Gasteiger partial charge in [-0.1, -0.05) is 115 Å². The Kier molecular flexibility index (Phi) is 7.07. The zero-order valence-electron chi connectivity index (χ0n) is 25.0. The minimum Gasteiger partial charge on any atom is -0.467 e. The maximum absolute atomic E-state index is 10.1. The molecular formula is C42H30O4. The van der Waals surface area contributed by atoms with Gasteiger partial charge in [0.1, 0.15) is 11.5 Å². The molecule has 0 bridgehead atoms. The number of fused-ring (bicyclic) bond motifs is 4. The summed E-state index contributed by atoms with van der Waals surface area (Å²) in [5, 5.41) is 28.7. The van der Waals surface area contributed by atoms with Gasteiger partial charge in [-0.2, -0.15) is 0 Å². The van der Waals surface area contributed by atoms with Crippen LogP contribution in [0.5, 0.6) is 11.5 Å². The van der Waals surface area contributed by atoms with Crippen LogP contribution in [0.1, 0.15) is 0 Å². The molecule has 0 spiro atoms. The quantitative estimate of drug-likeness (QED) is 0.179. The topological polar surface area (TPSA) is 58.9 Å². The highest BCUT2D eigenvalue weighted by atomic mass is 16.6. The summed E-state index contributed by atoms with van der Waals surface area (Å²) in [5.41, 5.74) is 5.69. The van der Waals surface area contributed by atoms with Crippen LogP contribution < -0.4 is 9.47 Å². The van der Waals surface area contributed by atoms with Crippen molar-refractivity contribution in [2.45, 2.75) is 0 Å². The van der Waals surface area contributed by atoms with Crippen molar-refractivity contribution in [1.82, 2.24) is 0 Å². The summed E-state index contributed by atoms with van der Waals surface area (Å²) in [6, 6.07) is 50.1. The first-order valence-corrected chi connectivity index (χ1v) is 15.3. The number of hydrogen-bond donors (Lipinski definition) is 2. The largest absolute Gasteiger partial charge is 0.467 e. The van der Waals surface area contributed by atoms with E-state index in [1.54, 1.807) is 0 Å². The van der Waals surface area contributed by atoms with Crippen molar-refractivity contribution in [3.8, 4) is 44.9 Å². The van der Waals surface area contributed by atoms with Crippen LogP contribution in [0, 0.1) is 0 Å². The van der Waals surface area contributed by atoms with Crippen LogP contribution in [-0.4, -0.2) is 23.8 Å². The number of ether oxygens (including phenoxy) is 2. The number of benzene rings is 8. The molecule has 8 aromatic rings. The van der Waals surface area contributed by atoms with Crippen LogP contribution >= 0.6 is 0 Å². The van der Waals surface area contributed by atoms with Gasteiger partial charge in [0.2, 0.25) is 0 Å². The van der Waals surface area contributed by atoms with Crippen LogP contribution in [0.4, 0.5) is 0 Å². The van der Waals surface area contributed by atoms with E-state index in [0.29, 0.717) is 11.5 Å². The zero-order chi connectivity index (χ0) is 31.0. The molecule has 4 heteroatoms. The van der Waals surface area contributed by atoms with E-state index in [-0.39, 0.29) is 0 Å². The van der Waals surface area contributed by atoms with Gasteiger partial charge in [-0.15, -0.1) is 0 Å². The van der Waals surface area contributed by atoms with Gasteiger partial charge in [0.05, 0.1) is 0 Å².